The molecule has 0 saturated heterocycles. The van der Waals surface area contributed by atoms with Gasteiger partial charge in [-0.15, -0.1) is 0 Å². The van der Waals surface area contributed by atoms with Gasteiger partial charge in [0.05, 0.1) is 5.69 Å². The van der Waals surface area contributed by atoms with Gasteiger partial charge in [-0.25, -0.2) is 4.98 Å². The molecule has 0 fully saturated rings. The van der Waals surface area contributed by atoms with Crippen molar-refractivity contribution in [2.75, 3.05) is 0 Å². The van der Waals surface area contributed by atoms with E-state index < -0.39 is 0 Å². The van der Waals surface area contributed by atoms with Crippen molar-refractivity contribution in [1.82, 2.24) is 4.98 Å². The van der Waals surface area contributed by atoms with E-state index in [1.807, 2.05) is 6.92 Å². The summed E-state index contributed by atoms with van der Waals surface area (Å²) in [7, 11) is 0. The molecule has 1 rings (SSSR count). The standard InChI is InChI=1S/C11H19NO/c1-4-5-6-9(2)7-11-8-13-10(3)12-11/h8-9H,4-7H2,1-3H3. The van der Waals surface area contributed by atoms with Crippen LogP contribution in [-0.2, 0) is 6.42 Å². The quantitative estimate of drug-likeness (QED) is 0.696. The van der Waals surface area contributed by atoms with Gasteiger partial charge in [-0.3, -0.25) is 0 Å². The average Bonchev–Trinajstić information content (AvgIpc) is 2.48. The molecule has 2 heteroatoms. The zero-order chi connectivity index (χ0) is 9.68. The van der Waals surface area contributed by atoms with E-state index in [2.05, 4.69) is 18.8 Å². The Bertz CT molecular complexity index is 242. The van der Waals surface area contributed by atoms with Gasteiger partial charge < -0.3 is 4.42 Å². The predicted octanol–water partition coefficient (Wildman–Crippen LogP) is 3.35. The number of oxazole rings is 1. The van der Waals surface area contributed by atoms with Crippen molar-refractivity contribution < 1.29 is 4.42 Å². The number of rotatable bonds is 5. The highest BCUT2D eigenvalue weighted by Crippen LogP contribution is 2.13. The summed E-state index contributed by atoms with van der Waals surface area (Å²) >= 11 is 0. The Morgan fingerprint density at radius 2 is 2.31 bits per heavy atom. The number of aromatic nitrogens is 1. The summed E-state index contributed by atoms with van der Waals surface area (Å²) in [5, 5.41) is 0. The first kappa shape index (κ1) is 10.3. The van der Waals surface area contributed by atoms with Crippen LogP contribution in [0.2, 0.25) is 0 Å². The molecule has 74 valence electrons. The van der Waals surface area contributed by atoms with Crippen LogP contribution in [0, 0.1) is 12.8 Å². The summed E-state index contributed by atoms with van der Waals surface area (Å²) in [5.41, 5.74) is 1.10. The molecule has 1 unspecified atom stereocenters. The van der Waals surface area contributed by atoms with Crippen LogP contribution >= 0.6 is 0 Å². The second kappa shape index (κ2) is 5.05. The first-order valence-corrected chi connectivity index (χ1v) is 5.13. The molecule has 0 amide bonds. The van der Waals surface area contributed by atoms with Crippen molar-refractivity contribution in [3.8, 4) is 0 Å². The minimum atomic E-state index is 0.726. The van der Waals surface area contributed by atoms with E-state index in [0.717, 1.165) is 23.9 Å². The highest BCUT2D eigenvalue weighted by atomic mass is 16.3. The third-order valence-electron chi connectivity index (χ3n) is 2.27. The van der Waals surface area contributed by atoms with Crippen molar-refractivity contribution in [3.63, 3.8) is 0 Å². The summed E-state index contributed by atoms with van der Waals surface area (Å²) in [5.74, 6) is 1.50. The first-order chi connectivity index (χ1) is 6.22. The Morgan fingerprint density at radius 3 is 2.85 bits per heavy atom. The fraction of sp³-hybridized carbons (Fsp3) is 0.727. The van der Waals surface area contributed by atoms with Gasteiger partial charge in [0.25, 0.3) is 0 Å². The Morgan fingerprint density at radius 1 is 1.54 bits per heavy atom. The molecule has 0 aliphatic carbocycles. The van der Waals surface area contributed by atoms with Crippen molar-refractivity contribution in [2.45, 2.75) is 46.5 Å². The third-order valence-corrected chi connectivity index (χ3v) is 2.27. The van der Waals surface area contributed by atoms with Crippen LogP contribution in [-0.4, -0.2) is 4.98 Å². The normalized spacial score (nSPS) is 13.2. The molecule has 1 heterocycles. The number of hydrogen-bond acceptors (Lipinski definition) is 2. The van der Waals surface area contributed by atoms with Gasteiger partial charge in [0.1, 0.15) is 6.26 Å². The summed E-state index contributed by atoms with van der Waals surface area (Å²) < 4.78 is 5.16. The van der Waals surface area contributed by atoms with Crippen LogP contribution in [0.4, 0.5) is 0 Å². The van der Waals surface area contributed by atoms with Crippen molar-refractivity contribution in [2.24, 2.45) is 5.92 Å². The molecule has 0 aromatic carbocycles. The lowest BCUT2D eigenvalue weighted by atomic mass is 9.99. The van der Waals surface area contributed by atoms with Gasteiger partial charge in [0.2, 0.25) is 0 Å². The molecule has 0 aliphatic rings. The molecular weight excluding hydrogens is 162 g/mol. The lowest BCUT2D eigenvalue weighted by molar-refractivity contribution is 0.494. The lowest BCUT2D eigenvalue weighted by Gasteiger charge is -2.07. The van der Waals surface area contributed by atoms with Crippen molar-refractivity contribution in [3.05, 3.63) is 17.8 Å². The predicted molar refractivity (Wildman–Crippen MR) is 53.6 cm³/mol. The monoisotopic (exact) mass is 181 g/mol. The fourth-order valence-electron chi connectivity index (χ4n) is 1.51. The molecule has 0 spiro atoms. The van der Waals surface area contributed by atoms with Crippen LogP contribution in [0.25, 0.3) is 0 Å². The number of nitrogens with zero attached hydrogens (tertiary/aromatic N) is 1. The molecule has 0 bridgehead atoms. The Balaban J connectivity index is 2.31. The maximum Gasteiger partial charge on any atom is 0.191 e. The molecule has 2 nitrogen and oxygen atoms in total. The van der Waals surface area contributed by atoms with Gasteiger partial charge >= 0.3 is 0 Å². The van der Waals surface area contributed by atoms with Gasteiger partial charge in [-0.2, -0.15) is 0 Å². The van der Waals surface area contributed by atoms with Crippen molar-refractivity contribution in [1.29, 1.82) is 0 Å². The lowest BCUT2D eigenvalue weighted by Crippen LogP contribution is -1.99. The van der Waals surface area contributed by atoms with Crippen LogP contribution in [0.3, 0.4) is 0 Å². The number of unbranched alkanes of at least 4 members (excludes halogenated alkanes) is 1. The summed E-state index contributed by atoms with van der Waals surface area (Å²) in [6.45, 7) is 6.40. The zero-order valence-corrected chi connectivity index (χ0v) is 8.84. The van der Waals surface area contributed by atoms with Crippen LogP contribution in [0.5, 0.6) is 0 Å². The fourth-order valence-corrected chi connectivity index (χ4v) is 1.51. The van der Waals surface area contributed by atoms with E-state index in [0.29, 0.717) is 0 Å². The molecule has 0 radical (unpaired) electrons. The molecule has 0 saturated carbocycles. The number of aryl methyl sites for hydroxylation is 1. The van der Waals surface area contributed by atoms with Crippen LogP contribution < -0.4 is 0 Å². The maximum absolute atomic E-state index is 5.16. The molecule has 1 aromatic heterocycles. The molecular formula is C11H19NO. The van der Waals surface area contributed by atoms with E-state index in [9.17, 15) is 0 Å². The van der Waals surface area contributed by atoms with E-state index in [1.165, 1.54) is 19.3 Å². The molecule has 0 aliphatic heterocycles. The summed E-state index contributed by atoms with van der Waals surface area (Å²) in [4.78, 5) is 4.29. The maximum atomic E-state index is 5.16. The number of hydrogen-bond donors (Lipinski definition) is 0. The topological polar surface area (TPSA) is 26.0 Å². The minimum absolute atomic E-state index is 0.726. The van der Waals surface area contributed by atoms with Gasteiger partial charge in [0.15, 0.2) is 5.89 Å². The van der Waals surface area contributed by atoms with Crippen molar-refractivity contribution >= 4 is 0 Å². The Kier molecular flexibility index (Phi) is 4.00. The van der Waals surface area contributed by atoms with Gasteiger partial charge in [-0.1, -0.05) is 33.1 Å². The molecule has 0 N–H and O–H groups in total. The third kappa shape index (κ3) is 3.62. The molecule has 1 aromatic rings. The second-order valence-electron chi connectivity index (χ2n) is 3.81. The van der Waals surface area contributed by atoms with E-state index >= 15 is 0 Å². The van der Waals surface area contributed by atoms with E-state index in [1.54, 1.807) is 6.26 Å². The summed E-state index contributed by atoms with van der Waals surface area (Å²) in [6.07, 6.45) is 6.72. The Labute approximate surface area is 80.4 Å². The van der Waals surface area contributed by atoms with E-state index in [4.69, 9.17) is 4.42 Å². The smallest absolute Gasteiger partial charge is 0.191 e. The molecule has 1 atom stereocenters. The highest BCUT2D eigenvalue weighted by molar-refractivity contribution is 4.96. The highest BCUT2D eigenvalue weighted by Gasteiger charge is 2.06. The second-order valence-corrected chi connectivity index (χ2v) is 3.81. The largest absolute Gasteiger partial charge is 0.449 e. The van der Waals surface area contributed by atoms with E-state index in [-0.39, 0.29) is 0 Å². The SMILES string of the molecule is CCCCC(C)Cc1coc(C)n1. The van der Waals surface area contributed by atoms with Gasteiger partial charge in [0, 0.05) is 6.92 Å². The van der Waals surface area contributed by atoms with Crippen LogP contribution in [0.1, 0.15) is 44.7 Å². The minimum Gasteiger partial charge on any atom is -0.449 e. The molecule has 13 heavy (non-hydrogen) atoms. The van der Waals surface area contributed by atoms with Crippen LogP contribution in [0.15, 0.2) is 10.7 Å². The zero-order valence-electron chi connectivity index (χ0n) is 8.84. The van der Waals surface area contributed by atoms with Gasteiger partial charge in [-0.05, 0) is 12.3 Å². The summed E-state index contributed by atoms with van der Waals surface area (Å²) in [6, 6.07) is 0. The average molecular weight is 181 g/mol. The first-order valence-electron chi connectivity index (χ1n) is 5.13. The Hall–Kier alpha value is -0.790.